The number of H-pyrrole nitrogens is 1. The number of aromatic nitrogens is 2. The second kappa shape index (κ2) is 6.72. The number of aliphatic hydroxyl groups is 1. The zero-order chi connectivity index (χ0) is 16.4. The molecule has 2 unspecified atom stereocenters. The summed E-state index contributed by atoms with van der Waals surface area (Å²) in [7, 11) is 0. The molecule has 2 N–H and O–H groups in total. The smallest absolute Gasteiger partial charge is 0.257 e. The topological polar surface area (TPSA) is 69.2 Å². The predicted molar refractivity (Wildman–Crippen MR) is 89.3 cm³/mol. The van der Waals surface area contributed by atoms with Crippen LogP contribution in [-0.4, -0.2) is 45.3 Å². The number of nitrogens with zero attached hydrogens (tertiary/aromatic N) is 2. The summed E-state index contributed by atoms with van der Waals surface area (Å²) in [5, 5.41) is 17.3. The molecule has 2 atom stereocenters. The fourth-order valence-corrected chi connectivity index (χ4v) is 3.31. The van der Waals surface area contributed by atoms with Gasteiger partial charge in [-0.25, -0.2) is 0 Å². The van der Waals surface area contributed by atoms with Gasteiger partial charge in [-0.1, -0.05) is 29.8 Å². The van der Waals surface area contributed by atoms with Gasteiger partial charge >= 0.3 is 0 Å². The van der Waals surface area contributed by atoms with Gasteiger partial charge in [-0.15, -0.1) is 0 Å². The molecule has 1 saturated heterocycles. The summed E-state index contributed by atoms with van der Waals surface area (Å²) < 4.78 is 0. The summed E-state index contributed by atoms with van der Waals surface area (Å²) >= 11 is 6.24. The van der Waals surface area contributed by atoms with Crippen molar-refractivity contribution in [2.24, 2.45) is 5.92 Å². The second-order valence-electron chi connectivity index (χ2n) is 6.03. The Morgan fingerprint density at radius 3 is 3.00 bits per heavy atom. The van der Waals surface area contributed by atoms with Gasteiger partial charge in [0.1, 0.15) is 0 Å². The molecule has 0 aliphatic carbocycles. The van der Waals surface area contributed by atoms with Crippen LogP contribution in [-0.2, 0) is 0 Å². The number of piperidine rings is 1. The minimum atomic E-state index is -0.405. The maximum absolute atomic E-state index is 12.9. The maximum atomic E-state index is 12.9. The molecule has 2 aromatic rings. The Morgan fingerprint density at radius 1 is 1.48 bits per heavy atom. The first kappa shape index (κ1) is 16.0. The van der Waals surface area contributed by atoms with E-state index < -0.39 is 6.10 Å². The van der Waals surface area contributed by atoms with E-state index >= 15 is 0 Å². The molecule has 6 heteroatoms. The van der Waals surface area contributed by atoms with E-state index in [1.807, 2.05) is 18.2 Å². The van der Waals surface area contributed by atoms with Crippen LogP contribution in [0.25, 0.3) is 11.3 Å². The molecule has 1 aromatic heterocycles. The molecule has 5 nitrogen and oxygen atoms in total. The third-order valence-electron chi connectivity index (χ3n) is 4.44. The number of rotatable bonds is 3. The Bertz CT molecular complexity index is 699. The first-order valence-electron chi connectivity index (χ1n) is 7.83. The number of likely N-dealkylation sites (tertiary alicyclic amines) is 1. The molecule has 0 radical (unpaired) electrons. The zero-order valence-electron chi connectivity index (χ0n) is 13.0. The van der Waals surface area contributed by atoms with Gasteiger partial charge in [0, 0.05) is 29.6 Å². The lowest BCUT2D eigenvalue weighted by atomic mass is 9.93. The molecule has 1 aliphatic heterocycles. The largest absolute Gasteiger partial charge is 0.393 e. The molecule has 1 amide bonds. The minimum Gasteiger partial charge on any atom is -0.393 e. The summed E-state index contributed by atoms with van der Waals surface area (Å²) in [5.41, 5.74) is 1.92. The van der Waals surface area contributed by atoms with Crippen molar-refractivity contribution < 1.29 is 9.90 Å². The molecular formula is C17H20ClN3O2. The van der Waals surface area contributed by atoms with Crippen LogP contribution in [0.4, 0.5) is 0 Å². The predicted octanol–water partition coefficient (Wildman–Crippen LogP) is 2.96. The van der Waals surface area contributed by atoms with Crippen LogP contribution >= 0.6 is 11.6 Å². The van der Waals surface area contributed by atoms with Gasteiger partial charge in [0.15, 0.2) is 0 Å². The van der Waals surface area contributed by atoms with Crippen LogP contribution in [0.1, 0.15) is 30.1 Å². The van der Waals surface area contributed by atoms with Crippen molar-refractivity contribution in [3.63, 3.8) is 0 Å². The Labute approximate surface area is 140 Å². The highest BCUT2D eigenvalue weighted by molar-refractivity contribution is 6.33. The molecule has 0 bridgehead atoms. The number of halogens is 1. The number of amides is 1. The lowest BCUT2D eigenvalue weighted by Gasteiger charge is -2.34. The summed E-state index contributed by atoms with van der Waals surface area (Å²) in [6.07, 6.45) is 3.00. The molecule has 0 spiro atoms. The van der Waals surface area contributed by atoms with Crippen molar-refractivity contribution in [3.05, 3.63) is 41.0 Å². The fourth-order valence-electron chi connectivity index (χ4n) is 3.08. The van der Waals surface area contributed by atoms with Crippen LogP contribution < -0.4 is 0 Å². The molecule has 1 aromatic carbocycles. The number of aromatic amines is 1. The van der Waals surface area contributed by atoms with Gasteiger partial charge in [0.05, 0.1) is 23.6 Å². The van der Waals surface area contributed by atoms with E-state index in [4.69, 9.17) is 11.6 Å². The highest BCUT2D eigenvalue weighted by Crippen LogP contribution is 2.30. The Kier molecular flexibility index (Phi) is 4.68. The van der Waals surface area contributed by atoms with Crippen molar-refractivity contribution in [1.29, 1.82) is 0 Å². The zero-order valence-corrected chi connectivity index (χ0v) is 13.8. The molecule has 1 fully saturated rings. The number of nitrogens with one attached hydrogen (secondary N) is 1. The summed E-state index contributed by atoms with van der Waals surface area (Å²) in [6, 6.07) is 7.38. The number of carbonyl (C=O) groups excluding carboxylic acids is 1. The minimum absolute atomic E-state index is 0.0704. The van der Waals surface area contributed by atoms with Gasteiger partial charge in [-0.3, -0.25) is 9.89 Å². The highest BCUT2D eigenvalue weighted by Gasteiger charge is 2.29. The molecule has 23 heavy (non-hydrogen) atoms. The lowest BCUT2D eigenvalue weighted by Crippen LogP contribution is -2.43. The third kappa shape index (κ3) is 3.26. The Morgan fingerprint density at radius 2 is 2.26 bits per heavy atom. The van der Waals surface area contributed by atoms with Crippen molar-refractivity contribution in [3.8, 4) is 11.3 Å². The van der Waals surface area contributed by atoms with Crippen molar-refractivity contribution >= 4 is 17.5 Å². The first-order chi connectivity index (χ1) is 11.1. The number of hydrogen-bond acceptors (Lipinski definition) is 3. The van der Waals surface area contributed by atoms with Gasteiger partial charge in [-0.05, 0) is 25.8 Å². The van der Waals surface area contributed by atoms with Crippen molar-refractivity contribution in [2.45, 2.75) is 25.9 Å². The molecule has 2 heterocycles. The monoisotopic (exact) mass is 333 g/mol. The standard InChI is InChI=1S/C17H20ClN3O2/c1-11(22)12-5-4-8-21(10-12)17(23)14-9-19-20-16(14)13-6-2-3-7-15(13)18/h2-3,6-7,9,11-12,22H,4-5,8,10H2,1H3,(H,19,20). The lowest BCUT2D eigenvalue weighted by molar-refractivity contribution is 0.0466. The van der Waals surface area contributed by atoms with E-state index in [1.54, 1.807) is 24.1 Å². The SMILES string of the molecule is CC(O)C1CCCN(C(=O)c2cn[nH]c2-c2ccccc2Cl)C1. The van der Waals surface area contributed by atoms with E-state index in [1.165, 1.54) is 0 Å². The number of hydrogen-bond donors (Lipinski definition) is 2. The average Bonchev–Trinajstić information content (AvgIpc) is 3.04. The number of aliphatic hydroxyl groups excluding tert-OH is 1. The van der Waals surface area contributed by atoms with E-state index in [9.17, 15) is 9.90 Å². The van der Waals surface area contributed by atoms with E-state index in [0.29, 0.717) is 29.4 Å². The average molecular weight is 334 g/mol. The van der Waals surface area contributed by atoms with Gasteiger partial charge in [0.25, 0.3) is 5.91 Å². The second-order valence-corrected chi connectivity index (χ2v) is 6.44. The van der Waals surface area contributed by atoms with Crippen LogP contribution in [0.15, 0.2) is 30.5 Å². The first-order valence-corrected chi connectivity index (χ1v) is 8.21. The van der Waals surface area contributed by atoms with Crippen molar-refractivity contribution in [2.75, 3.05) is 13.1 Å². The number of carbonyl (C=O) groups is 1. The van der Waals surface area contributed by atoms with Crippen LogP contribution in [0.2, 0.25) is 5.02 Å². The van der Waals surface area contributed by atoms with Crippen LogP contribution in [0, 0.1) is 5.92 Å². The van der Waals surface area contributed by atoms with Crippen LogP contribution in [0.3, 0.4) is 0 Å². The van der Waals surface area contributed by atoms with Crippen LogP contribution in [0.5, 0.6) is 0 Å². The molecule has 3 rings (SSSR count). The normalized spacial score (nSPS) is 19.6. The van der Waals surface area contributed by atoms with Gasteiger partial charge in [-0.2, -0.15) is 5.10 Å². The molecule has 0 saturated carbocycles. The molecular weight excluding hydrogens is 314 g/mol. The number of benzene rings is 1. The third-order valence-corrected chi connectivity index (χ3v) is 4.77. The van der Waals surface area contributed by atoms with E-state index in [-0.39, 0.29) is 11.8 Å². The quantitative estimate of drug-likeness (QED) is 0.907. The van der Waals surface area contributed by atoms with Gasteiger partial charge in [0.2, 0.25) is 0 Å². The van der Waals surface area contributed by atoms with E-state index in [2.05, 4.69) is 10.2 Å². The van der Waals surface area contributed by atoms with E-state index in [0.717, 1.165) is 18.4 Å². The molecule has 1 aliphatic rings. The highest BCUT2D eigenvalue weighted by atomic mass is 35.5. The summed E-state index contributed by atoms with van der Waals surface area (Å²) in [4.78, 5) is 14.7. The van der Waals surface area contributed by atoms with Gasteiger partial charge < -0.3 is 10.0 Å². The fraction of sp³-hybridized carbons (Fsp3) is 0.412. The summed E-state index contributed by atoms with van der Waals surface area (Å²) in [5.74, 6) is 0.0578. The molecule has 122 valence electrons. The van der Waals surface area contributed by atoms with Crippen molar-refractivity contribution in [1.82, 2.24) is 15.1 Å². The Hall–Kier alpha value is -1.85. The Balaban J connectivity index is 1.87. The summed E-state index contributed by atoms with van der Waals surface area (Å²) in [6.45, 7) is 3.06. The maximum Gasteiger partial charge on any atom is 0.257 e.